The van der Waals surface area contributed by atoms with Gasteiger partial charge < -0.3 is 5.11 Å². The molecule has 0 bridgehead atoms. The summed E-state index contributed by atoms with van der Waals surface area (Å²) in [6.45, 7) is 0. The molecular formula is C16H14Br2O2. The summed E-state index contributed by atoms with van der Waals surface area (Å²) in [5.41, 5.74) is 2.05. The molecule has 2 rings (SSSR count). The van der Waals surface area contributed by atoms with E-state index in [9.17, 15) is 9.90 Å². The number of hydrogen-bond donors (Lipinski definition) is 1. The molecule has 0 saturated heterocycles. The highest BCUT2D eigenvalue weighted by Crippen LogP contribution is 2.23. The Kier molecular flexibility index (Phi) is 5.38. The van der Waals surface area contributed by atoms with E-state index in [2.05, 4.69) is 31.9 Å². The van der Waals surface area contributed by atoms with Crippen molar-refractivity contribution in [2.75, 3.05) is 0 Å². The van der Waals surface area contributed by atoms with Gasteiger partial charge in [-0.1, -0.05) is 62.2 Å². The molecule has 0 aromatic heterocycles. The molecule has 20 heavy (non-hydrogen) atoms. The Morgan fingerprint density at radius 1 is 1.05 bits per heavy atom. The fourth-order valence-corrected chi connectivity index (χ4v) is 3.02. The molecule has 1 atom stereocenters. The van der Waals surface area contributed by atoms with Gasteiger partial charge in [0.1, 0.15) is 0 Å². The topological polar surface area (TPSA) is 37.3 Å². The van der Waals surface area contributed by atoms with Gasteiger partial charge in [0, 0.05) is 8.95 Å². The quantitative estimate of drug-likeness (QED) is 0.793. The summed E-state index contributed by atoms with van der Waals surface area (Å²) in [6.07, 6.45) is 1.04. The molecule has 4 heteroatoms. The van der Waals surface area contributed by atoms with Crippen LogP contribution in [0.25, 0.3) is 0 Å². The van der Waals surface area contributed by atoms with Crippen LogP contribution in [0.2, 0.25) is 0 Å². The number of rotatable bonds is 5. The van der Waals surface area contributed by atoms with Gasteiger partial charge in [0.05, 0.1) is 5.92 Å². The third kappa shape index (κ3) is 4.18. The van der Waals surface area contributed by atoms with Crippen LogP contribution in [-0.4, -0.2) is 11.1 Å². The van der Waals surface area contributed by atoms with Crippen LogP contribution in [-0.2, 0) is 17.6 Å². The Morgan fingerprint density at radius 2 is 1.80 bits per heavy atom. The van der Waals surface area contributed by atoms with Gasteiger partial charge in [-0.2, -0.15) is 0 Å². The lowest BCUT2D eigenvalue weighted by molar-refractivity contribution is -0.141. The minimum Gasteiger partial charge on any atom is -0.481 e. The van der Waals surface area contributed by atoms with Crippen molar-refractivity contribution in [2.24, 2.45) is 5.92 Å². The van der Waals surface area contributed by atoms with Crippen LogP contribution in [0.4, 0.5) is 0 Å². The normalized spacial score (nSPS) is 12.1. The summed E-state index contributed by atoms with van der Waals surface area (Å²) in [7, 11) is 0. The van der Waals surface area contributed by atoms with Crippen molar-refractivity contribution in [3.8, 4) is 0 Å². The lowest BCUT2D eigenvalue weighted by Gasteiger charge is -2.14. The van der Waals surface area contributed by atoms with Crippen LogP contribution in [0, 0.1) is 5.92 Å². The monoisotopic (exact) mass is 396 g/mol. The Labute approximate surface area is 135 Å². The van der Waals surface area contributed by atoms with Crippen LogP contribution in [0.1, 0.15) is 11.1 Å². The van der Waals surface area contributed by atoms with Crippen molar-refractivity contribution >= 4 is 37.8 Å². The van der Waals surface area contributed by atoms with Crippen LogP contribution >= 0.6 is 31.9 Å². The predicted octanol–water partition coefficient (Wildman–Crippen LogP) is 4.70. The summed E-state index contributed by atoms with van der Waals surface area (Å²) in [6, 6.07) is 15.5. The lowest BCUT2D eigenvalue weighted by Crippen LogP contribution is -2.19. The van der Waals surface area contributed by atoms with Crippen LogP contribution < -0.4 is 0 Å². The Hall–Kier alpha value is -1.13. The third-order valence-corrected chi connectivity index (χ3v) is 4.41. The maximum Gasteiger partial charge on any atom is 0.307 e. The molecule has 0 radical (unpaired) electrons. The number of aliphatic carboxylic acids is 1. The van der Waals surface area contributed by atoms with Gasteiger partial charge in [0.15, 0.2) is 0 Å². The molecular weight excluding hydrogens is 384 g/mol. The molecule has 1 N–H and O–H groups in total. The van der Waals surface area contributed by atoms with E-state index in [1.807, 2.05) is 48.5 Å². The van der Waals surface area contributed by atoms with Crippen molar-refractivity contribution in [1.82, 2.24) is 0 Å². The zero-order chi connectivity index (χ0) is 14.5. The van der Waals surface area contributed by atoms with E-state index in [4.69, 9.17) is 0 Å². The van der Waals surface area contributed by atoms with Crippen molar-refractivity contribution in [2.45, 2.75) is 12.8 Å². The van der Waals surface area contributed by atoms with Gasteiger partial charge in [0.2, 0.25) is 0 Å². The molecule has 0 aliphatic rings. The van der Waals surface area contributed by atoms with Crippen molar-refractivity contribution in [3.05, 3.63) is 68.6 Å². The zero-order valence-corrected chi connectivity index (χ0v) is 13.9. The number of carboxylic acid groups (broad SMARTS) is 1. The van der Waals surface area contributed by atoms with E-state index in [1.165, 1.54) is 0 Å². The summed E-state index contributed by atoms with van der Waals surface area (Å²) < 4.78 is 1.93. The van der Waals surface area contributed by atoms with E-state index in [-0.39, 0.29) is 0 Å². The molecule has 1 unspecified atom stereocenters. The van der Waals surface area contributed by atoms with Crippen molar-refractivity contribution < 1.29 is 9.90 Å². The number of halogens is 2. The minimum absolute atomic E-state index is 0.428. The number of carbonyl (C=O) groups is 1. The van der Waals surface area contributed by atoms with Gasteiger partial charge in [0.25, 0.3) is 0 Å². The fraction of sp³-hybridized carbons (Fsp3) is 0.188. The molecule has 0 saturated carbocycles. The van der Waals surface area contributed by atoms with Gasteiger partial charge in [-0.3, -0.25) is 4.79 Å². The molecule has 2 aromatic rings. The van der Waals surface area contributed by atoms with Crippen LogP contribution in [0.5, 0.6) is 0 Å². The minimum atomic E-state index is -0.763. The molecule has 104 valence electrons. The first-order valence-electron chi connectivity index (χ1n) is 6.27. The number of carboxylic acids is 1. The molecule has 0 aliphatic carbocycles. The van der Waals surface area contributed by atoms with Gasteiger partial charge >= 0.3 is 5.97 Å². The fourth-order valence-electron chi connectivity index (χ4n) is 2.12. The average Bonchev–Trinajstić information content (AvgIpc) is 2.40. The standard InChI is InChI=1S/C16H14Br2O2/c17-14-6-3-4-11(9-14)8-13(16(19)20)10-12-5-1-2-7-15(12)18/h1-7,9,13H,8,10H2,(H,19,20). The molecule has 2 nitrogen and oxygen atoms in total. The number of hydrogen-bond acceptors (Lipinski definition) is 1. The maximum atomic E-state index is 11.5. The smallest absolute Gasteiger partial charge is 0.307 e. The second kappa shape index (κ2) is 7.04. The molecule has 0 amide bonds. The predicted molar refractivity (Wildman–Crippen MR) is 86.8 cm³/mol. The summed E-state index contributed by atoms with van der Waals surface area (Å²) in [4.78, 5) is 11.5. The van der Waals surface area contributed by atoms with Crippen LogP contribution in [0.15, 0.2) is 57.5 Å². The van der Waals surface area contributed by atoms with E-state index in [1.54, 1.807) is 0 Å². The first-order valence-corrected chi connectivity index (χ1v) is 7.85. The summed E-state index contributed by atoms with van der Waals surface area (Å²) in [5.74, 6) is -1.19. The first kappa shape index (κ1) is 15.3. The second-order valence-electron chi connectivity index (χ2n) is 4.66. The van der Waals surface area contributed by atoms with Gasteiger partial charge in [-0.15, -0.1) is 0 Å². The highest BCUT2D eigenvalue weighted by Gasteiger charge is 2.19. The first-order chi connectivity index (χ1) is 9.56. The Morgan fingerprint density at radius 3 is 2.45 bits per heavy atom. The van der Waals surface area contributed by atoms with Crippen molar-refractivity contribution in [1.29, 1.82) is 0 Å². The van der Waals surface area contributed by atoms with Gasteiger partial charge in [-0.05, 0) is 42.2 Å². The Bertz CT molecular complexity index is 611. The van der Waals surface area contributed by atoms with E-state index in [0.717, 1.165) is 20.1 Å². The largest absolute Gasteiger partial charge is 0.481 e. The molecule has 2 aromatic carbocycles. The zero-order valence-electron chi connectivity index (χ0n) is 10.7. The Balaban J connectivity index is 2.16. The van der Waals surface area contributed by atoms with E-state index in [0.29, 0.717) is 12.8 Å². The summed E-state index contributed by atoms with van der Waals surface area (Å²) in [5, 5.41) is 9.43. The highest BCUT2D eigenvalue weighted by molar-refractivity contribution is 9.10. The molecule has 0 spiro atoms. The molecule has 0 aliphatic heterocycles. The molecule has 0 fully saturated rings. The van der Waals surface area contributed by atoms with Crippen molar-refractivity contribution in [3.63, 3.8) is 0 Å². The maximum absolute atomic E-state index is 11.5. The van der Waals surface area contributed by atoms with E-state index < -0.39 is 11.9 Å². The van der Waals surface area contributed by atoms with E-state index >= 15 is 0 Å². The second-order valence-corrected chi connectivity index (χ2v) is 6.43. The highest BCUT2D eigenvalue weighted by atomic mass is 79.9. The third-order valence-electron chi connectivity index (χ3n) is 3.14. The SMILES string of the molecule is O=C(O)C(Cc1cccc(Br)c1)Cc1ccccc1Br. The lowest BCUT2D eigenvalue weighted by atomic mass is 9.93. The molecule has 0 heterocycles. The number of benzene rings is 2. The average molecular weight is 398 g/mol. The van der Waals surface area contributed by atoms with Gasteiger partial charge in [-0.25, -0.2) is 0 Å². The summed E-state index contributed by atoms with van der Waals surface area (Å²) >= 11 is 6.88. The van der Waals surface area contributed by atoms with Crippen LogP contribution in [0.3, 0.4) is 0 Å².